The molecule has 1 aliphatic carbocycles. The fourth-order valence-corrected chi connectivity index (χ4v) is 5.02. The number of ether oxygens (including phenoxy) is 1. The smallest absolute Gasteiger partial charge is 0.263 e. The third-order valence-corrected chi connectivity index (χ3v) is 6.90. The molecule has 0 aliphatic heterocycles. The van der Waals surface area contributed by atoms with E-state index in [-0.39, 0.29) is 16.6 Å². The topological polar surface area (TPSA) is 81.2 Å². The summed E-state index contributed by atoms with van der Waals surface area (Å²) in [4.78, 5) is 9.22. The molecule has 7 heteroatoms. The molecule has 1 aliphatic rings. The van der Waals surface area contributed by atoms with Crippen molar-refractivity contribution < 1.29 is 13.2 Å². The monoisotopic (exact) mass is 425 g/mol. The van der Waals surface area contributed by atoms with Gasteiger partial charge in [0.05, 0.1) is 22.5 Å². The molecule has 0 atom stereocenters. The first-order valence-electron chi connectivity index (χ1n) is 10.5. The second kappa shape index (κ2) is 9.00. The Balaban J connectivity index is 1.59. The van der Waals surface area contributed by atoms with Crippen LogP contribution in [0.5, 0.6) is 5.88 Å². The van der Waals surface area contributed by atoms with E-state index >= 15 is 0 Å². The molecule has 1 N–H and O–H groups in total. The van der Waals surface area contributed by atoms with Gasteiger partial charge < -0.3 is 4.74 Å². The quantitative estimate of drug-likeness (QED) is 0.570. The van der Waals surface area contributed by atoms with E-state index in [9.17, 15) is 8.42 Å². The molecule has 158 valence electrons. The number of aromatic nitrogens is 2. The lowest BCUT2D eigenvalue weighted by Crippen LogP contribution is -2.17. The van der Waals surface area contributed by atoms with Gasteiger partial charge in [-0.1, -0.05) is 56.4 Å². The Morgan fingerprint density at radius 2 is 1.73 bits per heavy atom. The molecule has 1 fully saturated rings. The summed E-state index contributed by atoms with van der Waals surface area (Å²) in [6, 6.07) is 14.1. The SMILES string of the molecule is Cc1cccc(S(=O)(=O)Nc2nc3ccccc3nc2OCCC2CCCCC2)c1. The third-order valence-electron chi connectivity index (χ3n) is 5.56. The average molecular weight is 426 g/mol. The van der Waals surface area contributed by atoms with E-state index in [0.29, 0.717) is 23.6 Å². The number of benzene rings is 2. The summed E-state index contributed by atoms with van der Waals surface area (Å²) in [5, 5.41) is 0. The first-order valence-corrected chi connectivity index (χ1v) is 12.0. The van der Waals surface area contributed by atoms with Gasteiger partial charge in [-0.2, -0.15) is 0 Å². The number of rotatable bonds is 7. The molecule has 1 saturated carbocycles. The summed E-state index contributed by atoms with van der Waals surface area (Å²) in [7, 11) is -3.80. The van der Waals surface area contributed by atoms with Crippen LogP contribution < -0.4 is 9.46 Å². The van der Waals surface area contributed by atoms with Gasteiger partial charge in [-0.05, 0) is 49.1 Å². The lowest BCUT2D eigenvalue weighted by molar-refractivity contribution is 0.241. The van der Waals surface area contributed by atoms with E-state index in [4.69, 9.17) is 4.74 Å². The Labute approximate surface area is 177 Å². The van der Waals surface area contributed by atoms with Gasteiger partial charge in [0.1, 0.15) is 0 Å². The molecule has 4 rings (SSSR count). The van der Waals surface area contributed by atoms with Gasteiger partial charge in [0.2, 0.25) is 5.82 Å². The first-order chi connectivity index (χ1) is 14.5. The van der Waals surface area contributed by atoms with Crippen molar-refractivity contribution in [1.82, 2.24) is 9.97 Å². The van der Waals surface area contributed by atoms with Crippen LogP contribution in [-0.4, -0.2) is 25.0 Å². The minimum atomic E-state index is -3.80. The zero-order valence-electron chi connectivity index (χ0n) is 17.2. The molecule has 30 heavy (non-hydrogen) atoms. The van der Waals surface area contributed by atoms with Crippen molar-refractivity contribution in [3.05, 3.63) is 54.1 Å². The molecule has 2 aromatic carbocycles. The Morgan fingerprint density at radius 3 is 2.47 bits per heavy atom. The first kappa shape index (κ1) is 20.6. The van der Waals surface area contributed by atoms with E-state index in [1.165, 1.54) is 32.1 Å². The number of hydrogen-bond donors (Lipinski definition) is 1. The van der Waals surface area contributed by atoms with E-state index in [0.717, 1.165) is 12.0 Å². The number of nitrogens with zero attached hydrogens (tertiary/aromatic N) is 2. The summed E-state index contributed by atoms with van der Waals surface area (Å²) >= 11 is 0. The zero-order chi connectivity index (χ0) is 21.0. The molecular weight excluding hydrogens is 398 g/mol. The van der Waals surface area contributed by atoms with Crippen LogP contribution in [0.3, 0.4) is 0 Å². The van der Waals surface area contributed by atoms with Crippen LogP contribution in [0.25, 0.3) is 11.0 Å². The van der Waals surface area contributed by atoms with Gasteiger partial charge in [0.15, 0.2) is 0 Å². The molecule has 0 radical (unpaired) electrons. The molecule has 6 nitrogen and oxygen atoms in total. The number of nitrogens with one attached hydrogen (secondary N) is 1. The number of hydrogen-bond acceptors (Lipinski definition) is 5. The number of anilines is 1. The van der Waals surface area contributed by atoms with Crippen LogP contribution in [0.4, 0.5) is 5.82 Å². The zero-order valence-corrected chi connectivity index (χ0v) is 18.0. The van der Waals surface area contributed by atoms with Crippen molar-refractivity contribution in [3.8, 4) is 5.88 Å². The van der Waals surface area contributed by atoms with E-state index in [1.807, 2.05) is 31.2 Å². The van der Waals surface area contributed by atoms with Crippen LogP contribution >= 0.6 is 0 Å². The molecule has 1 aromatic heterocycles. The summed E-state index contributed by atoms with van der Waals surface area (Å²) in [5.41, 5.74) is 2.15. The lowest BCUT2D eigenvalue weighted by Gasteiger charge is -2.21. The molecule has 1 heterocycles. The Morgan fingerprint density at radius 1 is 1.00 bits per heavy atom. The van der Waals surface area contributed by atoms with E-state index in [2.05, 4.69) is 14.7 Å². The highest BCUT2D eigenvalue weighted by atomic mass is 32.2. The van der Waals surface area contributed by atoms with Gasteiger partial charge in [-0.25, -0.2) is 18.4 Å². The molecule has 0 spiro atoms. The van der Waals surface area contributed by atoms with Crippen LogP contribution in [0.15, 0.2) is 53.4 Å². The number of fused-ring (bicyclic) bond motifs is 1. The number of aryl methyl sites for hydroxylation is 1. The fourth-order valence-electron chi connectivity index (χ4n) is 3.92. The summed E-state index contributed by atoms with van der Waals surface area (Å²) in [5.74, 6) is 1.01. The maximum Gasteiger partial charge on any atom is 0.263 e. The van der Waals surface area contributed by atoms with Crippen molar-refractivity contribution in [2.75, 3.05) is 11.3 Å². The minimum absolute atomic E-state index is 0.124. The lowest BCUT2D eigenvalue weighted by atomic mass is 9.87. The van der Waals surface area contributed by atoms with Gasteiger partial charge >= 0.3 is 0 Å². The molecular formula is C23H27N3O3S. The summed E-state index contributed by atoms with van der Waals surface area (Å²) in [6.07, 6.45) is 7.29. The largest absolute Gasteiger partial charge is 0.475 e. The van der Waals surface area contributed by atoms with Gasteiger partial charge in [-0.15, -0.1) is 0 Å². The summed E-state index contributed by atoms with van der Waals surface area (Å²) in [6.45, 7) is 2.35. The normalized spacial score (nSPS) is 15.2. The highest BCUT2D eigenvalue weighted by Crippen LogP contribution is 2.29. The molecule has 0 amide bonds. The molecule has 0 bridgehead atoms. The highest BCUT2D eigenvalue weighted by Gasteiger charge is 2.20. The standard InChI is InChI=1S/C23H27N3O3S/c1-17-8-7-11-19(16-17)30(27,28)26-22-23(25-21-13-6-5-12-20(21)24-22)29-15-14-18-9-3-2-4-10-18/h5-8,11-13,16,18H,2-4,9-10,14-15H2,1H3,(H,24,26). The van der Waals surface area contributed by atoms with Crippen molar-refractivity contribution in [2.24, 2.45) is 5.92 Å². The highest BCUT2D eigenvalue weighted by molar-refractivity contribution is 7.92. The second-order valence-electron chi connectivity index (χ2n) is 7.93. The van der Waals surface area contributed by atoms with Crippen LogP contribution in [0.2, 0.25) is 0 Å². The maximum absolute atomic E-state index is 12.9. The van der Waals surface area contributed by atoms with Crippen molar-refractivity contribution in [1.29, 1.82) is 0 Å². The minimum Gasteiger partial charge on any atom is -0.475 e. The van der Waals surface area contributed by atoms with Crippen LogP contribution in [0, 0.1) is 12.8 Å². The van der Waals surface area contributed by atoms with E-state index < -0.39 is 10.0 Å². The fraction of sp³-hybridized carbons (Fsp3) is 0.391. The average Bonchev–Trinajstić information content (AvgIpc) is 2.74. The van der Waals surface area contributed by atoms with Crippen LogP contribution in [0.1, 0.15) is 44.1 Å². The van der Waals surface area contributed by atoms with Gasteiger partial charge in [0.25, 0.3) is 15.9 Å². The summed E-state index contributed by atoms with van der Waals surface area (Å²) < 4.78 is 34.4. The van der Waals surface area contributed by atoms with E-state index in [1.54, 1.807) is 24.3 Å². The Hall–Kier alpha value is -2.67. The predicted octanol–water partition coefficient (Wildman–Crippen LogP) is 5.09. The van der Waals surface area contributed by atoms with Crippen molar-refractivity contribution in [2.45, 2.75) is 50.3 Å². The molecule has 3 aromatic rings. The van der Waals surface area contributed by atoms with Crippen molar-refractivity contribution in [3.63, 3.8) is 0 Å². The third kappa shape index (κ3) is 4.90. The maximum atomic E-state index is 12.9. The number of sulfonamides is 1. The second-order valence-corrected chi connectivity index (χ2v) is 9.61. The molecule has 0 saturated heterocycles. The number of para-hydroxylation sites is 2. The Kier molecular flexibility index (Phi) is 6.18. The van der Waals surface area contributed by atoms with Gasteiger partial charge in [-0.3, -0.25) is 4.72 Å². The van der Waals surface area contributed by atoms with Crippen LogP contribution in [-0.2, 0) is 10.0 Å². The van der Waals surface area contributed by atoms with Crippen molar-refractivity contribution >= 4 is 26.9 Å². The Bertz CT molecular complexity index is 1130. The van der Waals surface area contributed by atoms with Gasteiger partial charge in [0, 0.05) is 0 Å². The predicted molar refractivity (Wildman–Crippen MR) is 118 cm³/mol. The molecule has 0 unspecified atom stereocenters.